The fourth-order valence-corrected chi connectivity index (χ4v) is 5.71. The number of benzene rings is 2. The highest BCUT2D eigenvalue weighted by atomic mass is 32.2. The van der Waals surface area contributed by atoms with Crippen LogP contribution >= 0.6 is 0 Å². The third-order valence-electron chi connectivity index (χ3n) is 6.23. The normalized spacial score (nSPS) is 16.0. The number of nitrogens with zero attached hydrogens (tertiary/aromatic N) is 3. The summed E-state index contributed by atoms with van der Waals surface area (Å²) in [5, 5.41) is 0. The summed E-state index contributed by atoms with van der Waals surface area (Å²) in [5.41, 5.74) is 1.63. The second-order valence-electron chi connectivity index (χ2n) is 8.74. The third kappa shape index (κ3) is 5.73. The highest BCUT2D eigenvalue weighted by molar-refractivity contribution is 7.92. The van der Waals surface area contributed by atoms with Gasteiger partial charge in [-0.3, -0.25) is 9.71 Å². The number of alkyl halides is 3. The van der Waals surface area contributed by atoms with Gasteiger partial charge in [-0.05, 0) is 36.1 Å². The summed E-state index contributed by atoms with van der Waals surface area (Å²) in [7, 11) is -4.63. The molecule has 1 aromatic heterocycles. The van der Waals surface area contributed by atoms with Crippen LogP contribution in [0.4, 0.5) is 19.0 Å². The maximum Gasteiger partial charge on any atom is 0.417 e. The zero-order valence-corrected chi connectivity index (χ0v) is 21.2. The molecule has 1 N–H and O–H groups in total. The van der Waals surface area contributed by atoms with E-state index in [1.165, 1.54) is 24.0 Å². The van der Waals surface area contributed by atoms with Crippen molar-refractivity contribution in [3.63, 3.8) is 0 Å². The molecule has 0 spiro atoms. The van der Waals surface area contributed by atoms with Gasteiger partial charge >= 0.3 is 6.18 Å². The molecule has 2 aliphatic rings. The molecule has 0 saturated heterocycles. The molecule has 2 heterocycles. The Morgan fingerprint density at radius 1 is 0.974 bits per heavy atom. The van der Waals surface area contributed by atoms with E-state index in [4.69, 9.17) is 4.74 Å². The van der Waals surface area contributed by atoms with E-state index in [9.17, 15) is 21.6 Å². The van der Waals surface area contributed by atoms with E-state index in [2.05, 4.69) is 26.8 Å². The van der Waals surface area contributed by atoms with Crippen molar-refractivity contribution in [3.05, 3.63) is 121 Å². The Hall–Kier alpha value is -4.38. The minimum atomic E-state index is -4.85. The van der Waals surface area contributed by atoms with Gasteiger partial charge in [0.25, 0.3) is 10.0 Å². The smallest absolute Gasteiger partial charge is 0.417 e. The van der Waals surface area contributed by atoms with Gasteiger partial charge in [0.15, 0.2) is 5.82 Å². The van der Waals surface area contributed by atoms with E-state index < -0.39 is 26.7 Å². The Balaban J connectivity index is 1.47. The van der Waals surface area contributed by atoms with Crippen LogP contribution in [-0.4, -0.2) is 23.3 Å². The average Bonchev–Trinajstić information content (AvgIpc) is 2.95. The van der Waals surface area contributed by atoms with E-state index in [0.29, 0.717) is 5.56 Å². The van der Waals surface area contributed by atoms with E-state index in [1.54, 1.807) is 24.7 Å². The molecule has 11 heteroatoms. The van der Waals surface area contributed by atoms with Crippen LogP contribution in [-0.2, 0) is 20.9 Å². The Bertz CT molecular complexity index is 1570. The van der Waals surface area contributed by atoms with Gasteiger partial charge in [0.1, 0.15) is 18.2 Å². The first-order valence-corrected chi connectivity index (χ1v) is 13.4. The van der Waals surface area contributed by atoms with E-state index in [1.807, 2.05) is 35.5 Å². The molecular formula is C28H23F3N4O3S. The van der Waals surface area contributed by atoms with Crippen LogP contribution in [0.5, 0.6) is 0 Å². The zero-order chi connectivity index (χ0) is 27.5. The van der Waals surface area contributed by atoms with Gasteiger partial charge in [0.05, 0.1) is 16.5 Å². The lowest BCUT2D eigenvalue weighted by molar-refractivity contribution is -0.139. The second kappa shape index (κ2) is 10.8. The number of ether oxygens (including phenoxy) is 1. The third-order valence-corrected chi connectivity index (χ3v) is 7.63. The van der Waals surface area contributed by atoms with Crippen molar-refractivity contribution in [2.75, 3.05) is 4.72 Å². The number of halogens is 3. The van der Waals surface area contributed by atoms with Gasteiger partial charge in [0.2, 0.25) is 0 Å². The summed E-state index contributed by atoms with van der Waals surface area (Å²) in [6.45, 7) is 0. The lowest BCUT2D eigenvalue weighted by atomic mass is 9.90. The van der Waals surface area contributed by atoms with Crippen molar-refractivity contribution >= 4 is 15.8 Å². The minimum Gasteiger partial charge on any atom is -0.470 e. The number of rotatable bonds is 7. The highest BCUT2D eigenvalue weighted by Gasteiger charge is 2.37. The molecule has 0 radical (unpaired) electrons. The first-order valence-electron chi connectivity index (χ1n) is 12.0. The number of hydrogen-bond acceptors (Lipinski definition) is 6. The predicted molar refractivity (Wildman–Crippen MR) is 140 cm³/mol. The van der Waals surface area contributed by atoms with Gasteiger partial charge in [0, 0.05) is 30.4 Å². The Kier molecular flexibility index (Phi) is 7.25. The van der Waals surface area contributed by atoms with E-state index >= 15 is 0 Å². The molecular weight excluding hydrogens is 529 g/mol. The van der Waals surface area contributed by atoms with E-state index in [0.717, 1.165) is 36.6 Å². The van der Waals surface area contributed by atoms with Crippen LogP contribution < -0.4 is 4.72 Å². The maximum absolute atomic E-state index is 13.5. The number of nitrogens with one attached hydrogen (secondary N) is 1. The number of sulfonamides is 1. The van der Waals surface area contributed by atoms with Crippen molar-refractivity contribution in [1.29, 1.82) is 0 Å². The molecule has 39 heavy (non-hydrogen) atoms. The molecule has 1 aliphatic carbocycles. The summed E-state index contributed by atoms with van der Waals surface area (Å²) in [6.07, 6.45) is 12.7. The molecule has 200 valence electrons. The molecule has 3 aromatic rings. The van der Waals surface area contributed by atoms with E-state index in [-0.39, 0.29) is 17.6 Å². The monoisotopic (exact) mass is 552 g/mol. The number of anilines is 1. The zero-order valence-electron chi connectivity index (χ0n) is 20.4. The molecule has 2 aromatic carbocycles. The molecule has 7 nitrogen and oxygen atoms in total. The van der Waals surface area contributed by atoms with Gasteiger partial charge in [-0.15, -0.1) is 0 Å². The first kappa shape index (κ1) is 26.2. The summed E-state index contributed by atoms with van der Waals surface area (Å²) in [6, 6.07) is 11.3. The van der Waals surface area contributed by atoms with Crippen LogP contribution in [0.1, 0.15) is 30.0 Å². The second-order valence-corrected chi connectivity index (χ2v) is 10.4. The van der Waals surface area contributed by atoms with Crippen LogP contribution in [0.2, 0.25) is 0 Å². The molecule has 1 atom stereocenters. The number of hydrogen-bond donors (Lipinski definition) is 1. The molecule has 1 unspecified atom stereocenters. The van der Waals surface area contributed by atoms with Gasteiger partial charge in [-0.2, -0.15) is 13.2 Å². The van der Waals surface area contributed by atoms with Crippen LogP contribution in [0.25, 0.3) is 11.3 Å². The van der Waals surface area contributed by atoms with Crippen LogP contribution in [0.15, 0.2) is 115 Å². The quantitative estimate of drug-likeness (QED) is 0.358. The Labute approximate surface area is 223 Å². The van der Waals surface area contributed by atoms with Crippen molar-refractivity contribution in [3.8, 4) is 11.3 Å². The minimum absolute atomic E-state index is 0.0981. The fourth-order valence-electron chi connectivity index (χ4n) is 4.47. The maximum atomic E-state index is 13.5. The van der Waals surface area contributed by atoms with Crippen molar-refractivity contribution in [2.24, 2.45) is 0 Å². The molecule has 0 fully saturated rings. The molecule has 1 aliphatic heterocycles. The Morgan fingerprint density at radius 3 is 2.38 bits per heavy atom. The molecule has 0 bridgehead atoms. The van der Waals surface area contributed by atoms with Crippen LogP contribution in [0.3, 0.4) is 0 Å². The fraction of sp³-hybridized carbons (Fsp3) is 0.143. The lowest BCUT2D eigenvalue weighted by Crippen LogP contribution is -2.22. The topological polar surface area (TPSA) is 84.4 Å². The van der Waals surface area contributed by atoms with Gasteiger partial charge < -0.3 is 9.64 Å². The summed E-state index contributed by atoms with van der Waals surface area (Å²) in [5.74, 6) is -0.182. The number of aromatic nitrogens is 2. The number of allylic oxidation sites excluding steroid dienone is 3. The summed E-state index contributed by atoms with van der Waals surface area (Å²) in [4.78, 5) is 9.48. The van der Waals surface area contributed by atoms with Crippen LogP contribution in [0, 0.1) is 0 Å². The molecule has 0 amide bonds. The molecule has 5 rings (SSSR count). The van der Waals surface area contributed by atoms with Gasteiger partial charge in [-0.1, -0.05) is 54.6 Å². The predicted octanol–water partition coefficient (Wildman–Crippen LogP) is 6.56. The summed E-state index contributed by atoms with van der Waals surface area (Å²) >= 11 is 0. The SMILES string of the molecule is O=S(=O)(Nc1nccnc1-c1ccc(C(C2=CC=CCC2)N2C=COC=C2)cc1)c1ccccc1C(F)(F)F. The Morgan fingerprint density at radius 2 is 1.69 bits per heavy atom. The van der Waals surface area contributed by atoms with Gasteiger partial charge in [-0.25, -0.2) is 13.4 Å². The average molecular weight is 553 g/mol. The standard InChI is InChI=1S/C28H23F3N4O3S/c29-28(30,31)23-8-4-5-9-24(23)39(36,37)34-27-25(32-14-15-33-27)20-10-12-22(13-11-20)26(21-6-2-1-3-7-21)35-16-18-38-19-17-35/h1-2,4-6,8-19,26H,3,7H2,(H,33,34). The summed E-state index contributed by atoms with van der Waals surface area (Å²) < 4.78 is 73.9. The van der Waals surface area contributed by atoms with Crippen molar-refractivity contribution < 1.29 is 26.3 Å². The molecule has 0 saturated carbocycles. The van der Waals surface area contributed by atoms with Crippen molar-refractivity contribution in [2.45, 2.75) is 30.0 Å². The largest absolute Gasteiger partial charge is 0.470 e. The highest BCUT2D eigenvalue weighted by Crippen LogP contribution is 2.37. The first-order chi connectivity index (χ1) is 18.7. The lowest BCUT2D eigenvalue weighted by Gasteiger charge is -2.32. The van der Waals surface area contributed by atoms with Crippen molar-refractivity contribution in [1.82, 2.24) is 14.9 Å².